The number of carbonyl (C=O) groups excluding carboxylic acids is 1. The number of ether oxygens (including phenoxy) is 1. The summed E-state index contributed by atoms with van der Waals surface area (Å²) < 4.78 is 5.48. The predicted octanol–water partition coefficient (Wildman–Crippen LogP) is 3.66. The second-order valence-electron chi connectivity index (χ2n) is 5.60. The first-order chi connectivity index (χ1) is 9.74. The molecule has 1 heterocycles. The molecule has 1 aliphatic heterocycles. The van der Waals surface area contributed by atoms with E-state index in [0.717, 1.165) is 25.9 Å². The Hall–Kier alpha value is -1.35. The van der Waals surface area contributed by atoms with Crippen LogP contribution in [0.25, 0.3) is 0 Å². The zero-order chi connectivity index (χ0) is 14.4. The van der Waals surface area contributed by atoms with Gasteiger partial charge in [0, 0.05) is 13.1 Å². The van der Waals surface area contributed by atoms with E-state index in [1.165, 1.54) is 24.0 Å². The van der Waals surface area contributed by atoms with Crippen LogP contribution < -0.4 is 5.32 Å². The highest BCUT2D eigenvalue weighted by Gasteiger charge is 2.15. The zero-order valence-corrected chi connectivity index (χ0v) is 12.6. The second-order valence-corrected chi connectivity index (χ2v) is 5.60. The van der Waals surface area contributed by atoms with Crippen LogP contribution in [0, 0.1) is 5.92 Å². The molecule has 1 atom stereocenters. The van der Waals surface area contributed by atoms with Crippen LogP contribution in [0.4, 0.5) is 0 Å². The van der Waals surface area contributed by atoms with Gasteiger partial charge in [0.2, 0.25) is 0 Å². The Kier molecular flexibility index (Phi) is 5.60. The van der Waals surface area contributed by atoms with Crippen LogP contribution in [0.15, 0.2) is 18.2 Å². The second kappa shape index (κ2) is 7.44. The molecule has 0 saturated heterocycles. The molecule has 110 valence electrons. The fraction of sp³-hybridized carbons (Fsp3) is 0.588. The Bertz CT molecular complexity index is 456. The number of hydrogen-bond donors (Lipinski definition) is 1. The van der Waals surface area contributed by atoms with Gasteiger partial charge in [-0.2, -0.15) is 0 Å². The van der Waals surface area contributed by atoms with Crippen molar-refractivity contribution in [2.24, 2.45) is 5.92 Å². The highest BCUT2D eigenvalue weighted by atomic mass is 16.5. The number of rotatable bonds is 7. The molecule has 0 radical (unpaired) electrons. The summed E-state index contributed by atoms with van der Waals surface area (Å²) in [5.41, 5.74) is 3.19. The molecule has 1 aliphatic rings. The monoisotopic (exact) mass is 275 g/mol. The van der Waals surface area contributed by atoms with Crippen molar-refractivity contribution in [2.45, 2.75) is 52.6 Å². The van der Waals surface area contributed by atoms with Crippen molar-refractivity contribution in [3.63, 3.8) is 0 Å². The van der Waals surface area contributed by atoms with Gasteiger partial charge in [0.15, 0.2) is 0 Å². The molecule has 3 heteroatoms. The zero-order valence-electron chi connectivity index (χ0n) is 12.6. The topological polar surface area (TPSA) is 38.3 Å². The van der Waals surface area contributed by atoms with Crippen molar-refractivity contribution in [1.82, 2.24) is 5.32 Å². The summed E-state index contributed by atoms with van der Waals surface area (Å²) in [7, 11) is 0. The van der Waals surface area contributed by atoms with Gasteiger partial charge in [-0.25, -0.2) is 4.79 Å². The minimum Gasteiger partial charge on any atom is -0.462 e. The molecule has 2 rings (SSSR count). The number of esters is 1. The van der Waals surface area contributed by atoms with Crippen LogP contribution in [0.5, 0.6) is 0 Å². The molecule has 0 spiro atoms. The summed E-state index contributed by atoms with van der Waals surface area (Å²) >= 11 is 0. The van der Waals surface area contributed by atoms with Crippen molar-refractivity contribution in [3.8, 4) is 0 Å². The molecule has 20 heavy (non-hydrogen) atoms. The molecule has 0 fully saturated rings. The molecule has 1 unspecified atom stereocenters. The van der Waals surface area contributed by atoms with Gasteiger partial charge in [-0.3, -0.25) is 0 Å². The number of unbranched alkanes of at least 4 members (excludes halogenated alkanes) is 1. The highest BCUT2D eigenvalue weighted by molar-refractivity contribution is 5.89. The van der Waals surface area contributed by atoms with E-state index in [1.54, 1.807) is 0 Å². The van der Waals surface area contributed by atoms with E-state index < -0.39 is 0 Å². The van der Waals surface area contributed by atoms with Crippen LogP contribution in [0.1, 0.15) is 61.0 Å². The molecular weight excluding hydrogens is 250 g/mol. The Morgan fingerprint density at radius 3 is 2.85 bits per heavy atom. The maximum Gasteiger partial charge on any atom is 0.338 e. The summed E-state index contributed by atoms with van der Waals surface area (Å²) in [5, 5.41) is 3.28. The maximum atomic E-state index is 12.1. The molecule has 0 saturated carbocycles. The molecule has 0 aromatic heterocycles. The summed E-state index contributed by atoms with van der Waals surface area (Å²) in [6.45, 7) is 6.65. The number of benzene rings is 1. The Morgan fingerprint density at radius 2 is 2.10 bits per heavy atom. The molecule has 1 aromatic carbocycles. The van der Waals surface area contributed by atoms with Gasteiger partial charge in [-0.15, -0.1) is 0 Å². The molecule has 1 N–H and O–H groups in total. The van der Waals surface area contributed by atoms with E-state index in [-0.39, 0.29) is 5.97 Å². The average molecular weight is 275 g/mol. The van der Waals surface area contributed by atoms with Gasteiger partial charge in [0.05, 0.1) is 12.2 Å². The SMILES string of the molecule is CCCCC(CC)COC(=O)c1ccc2c(c1)CNC2. The molecule has 1 aromatic rings. The van der Waals surface area contributed by atoms with Crippen molar-refractivity contribution in [2.75, 3.05) is 6.61 Å². The molecule has 0 amide bonds. The average Bonchev–Trinajstić information content (AvgIpc) is 2.94. The first-order valence-electron chi connectivity index (χ1n) is 7.74. The van der Waals surface area contributed by atoms with Crippen molar-refractivity contribution in [3.05, 3.63) is 34.9 Å². The van der Waals surface area contributed by atoms with Crippen LogP contribution in [-0.4, -0.2) is 12.6 Å². The van der Waals surface area contributed by atoms with Crippen LogP contribution in [0.3, 0.4) is 0 Å². The van der Waals surface area contributed by atoms with Crippen LogP contribution in [-0.2, 0) is 17.8 Å². The van der Waals surface area contributed by atoms with Gasteiger partial charge in [0.25, 0.3) is 0 Å². The maximum absolute atomic E-state index is 12.1. The van der Waals surface area contributed by atoms with E-state index in [4.69, 9.17) is 4.74 Å². The summed E-state index contributed by atoms with van der Waals surface area (Å²) in [5.74, 6) is 0.310. The Labute approximate surface area is 121 Å². The largest absolute Gasteiger partial charge is 0.462 e. The molecule has 0 aliphatic carbocycles. The van der Waals surface area contributed by atoms with Crippen molar-refractivity contribution in [1.29, 1.82) is 0 Å². The lowest BCUT2D eigenvalue weighted by molar-refractivity contribution is 0.0428. The number of hydrogen-bond acceptors (Lipinski definition) is 3. The predicted molar refractivity (Wildman–Crippen MR) is 80.6 cm³/mol. The smallest absolute Gasteiger partial charge is 0.338 e. The van der Waals surface area contributed by atoms with Gasteiger partial charge in [-0.05, 0) is 35.6 Å². The van der Waals surface area contributed by atoms with E-state index in [0.29, 0.717) is 18.1 Å². The molecular formula is C17H25NO2. The van der Waals surface area contributed by atoms with Gasteiger partial charge >= 0.3 is 5.97 Å². The van der Waals surface area contributed by atoms with Crippen LogP contribution in [0.2, 0.25) is 0 Å². The van der Waals surface area contributed by atoms with Gasteiger partial charge in [0.1, 0.15) is 0 Å². The minimum absolute atomic E-state index is 0.186. The standard InChI is InChI=1S/C17H25NO2/c1-3-5-6-13(4-2)12-20-17(19)14-7-8-15-10-18-11-16(15)9-14/h7-9,13,18H,3-6,10-12H2,1-2H3. The summed E-state index contributed by atoms with van der Waals surface area (Å²) in [4.78, 5) is 12.1. The van der Waals surface area contributed by atoms with E-state index in [2.05, 4.69) is 19.2 Å². The van der Waals surface area contributed by atoms with Crippen molar-refractivity contribution >= 4 is 5.97 Å². The summed E-state index contributed by atoms with van der Waals surface area (Å²) in [6, 6.07) is 5.87. The van der Waals surface area contributed by atoms with E-state index >= 15 is 0 Å². The Balaban J connectivity index is 1.88. The Morgan fingerprint density at radius 1 is 1.30 bits per heavy atom. The van der Waals surface area contributed by atoms with Crippen molar-refractivity contribution < 1.29 is 9.53 Å². The minimum atomic E-state index is -0.186. The lowest BCUT2D eigenvalue weighted by Gasteiger charge is -2.14. The van der Waals surface area contributed by atoms with Crippen LogP contribution >= 0.6 is 0 Å². The fourth-order valence-electron chi connectivity index (χ4n) is 2.60. The molecule has 3 nitrogen and oxygen atoms in total. The third-order valence-corrected chi connectivity index (χ3v) is 4.07. The first-order valence-corrected chi connectivity index (χ1v) is 7.74. The first kappa shape index (κ1) is 15.0. The lowest BCUT2D eigenvalue weighted by atomic mass is 10.0. The van der Waals surface area contributed by atoms with E-state index in [9.17, 15) is 4.79 Å². The summed E-state index contributed by atoms with van der Waals surface area (Å²) in [6.07, 6.45) is 4.62. The van der Waals surface area contributed by atoms with Gasteiger partial charge in [-0.1, -0.05) is 39.2 Å². The number of fused-ring (bicyclic) bond motifs is 1. The lowest BCUT2D eigenvalue weighted by Crippen LogP contribution is -2.14. The van der Waals surface area contributed by atoms with Gasteiger partial charge < -0.3 is 10.1 Å². The number of nitrogens with one attached hydrogen (secondary N) is 1. The fourth-order valence-corrected chi connectivity index (χ4v) is 2.60. The normalized spacial score (nSPS) is 14.9. The quantitative estimate of drug-likeness (QED) is 0.772. The third kappa shape index (κ3) is 3.83. The molecule has 0 bridgehead atoms. The number of carbonyl (C=O) groups is 1. The van der Waals surface area contributed by atoms with E-state index in [1.807, 2.05) is 18.2 Å². The third-order valence-electron chi connectivity index (χ3n) is 4.07. The highest BCUT2D eigenvalue weighted by Crippen LogP contribution is 2.18.